The lowest BCUT2D eigenvalue weighted by atomic mass is 10.2. The van der Waals surface area contributed by atoms with Crippen molar-refractivity contribution in [3.63, 3.8) is 0 Å². The lowest BCUT2D eigenvalue weighted by Gasteiger charge is -2.13. The van der Waals surface area contributed by atoms with E-state index < -0.39 is 21.9 Å². The van der Waals surface area contributed by atoms with Gasteiger partial charge >= 0.3 is 6.18 Å². The molecular formula is C13H18F3N5O2S. The predicted octanol–water partition coefficient (Wildman–Crippen LogP) is 1.56. The molecule has 1 N–H and O–H groups in total. The van der Waals surface area contributed by atoms with E-state index in [2.05, 4.69) is 14.9 Å². The zero-order valence-electron chi connectivity index (χ0n) is 13.4. The number of hydrogen-bond donors (Lipinski definition) is 1. The molecule has 11 heteroatoms. The highest BCUT2D eigenvalue weighted by Crippen LogP contribution is 2.27. The van der Waals surface area contributed by atoms with Crippen molar-refractivity contribution in [2.45, 2.75) is 31.5 Å². The van der Waals surface area contributed by atoms with Crippen molar-refractivity contribution in [1.82, 2.24) is 24.3 Å². The monoisotopic (exact) mass is 365 g/mol. The van der Waals surface area contributed by atoms with Crippen molar-refractivity contribution in [2.24, 2.45) is 13.0 Å². The zero-order chi connectivity index (χ0) is 18.1. The first-order valence-corrected chi connectivity index (χ1v) is 8.58. The van der Waals surface area contributed by atoms with Crippen molar-refractivity contribution in [3.8, 4) is 0 Å². The maximum absolute atomic E-state index is 12.5. The molecule has 0 fully saturated rings. The van der Waals surface area contributed by atoms with Crippen LogP contribution in [0.15, 0.2) is 23.4 Å². The van der Waals surface area contributed by atoms with Crippen LogP contribution in [0.2, 0.25) is 0 Å². The Kier molecular flexibility index (Phi) is 5.04. The highest BCUT2D eigenvalue weighted by atomic mass is 32.2. The van der Waals surface area contributed by atoms with E-state index in [-0.39, 0.29) is 23.9 Å². The molecule has 2 aromatic heterocycles. The number of hydrogen-bond acceptors (Lipinski definition) is 4. The van der Waals surface area contributed by atoms with Crippen LogP contribution in [-0.2, 0) is 29.8 Å². The Morgan fingerprint density at radius 2 is 2.04 bits per heavy atom. The highest BCUT2D eigenvalue weighted by molar-refractivity contribution is 7.89. The van der Waals surface area contributed by atoms with Crippen LogP contribution in [0, 0.1) is 12.8 Å². The van der Waals surface area contributed by atoms with Crippen LogP contribution in [0.1, 0.15) is 18.3 Å². The summed E-state index contributed by atoms with van der Waals surface area (Å²) < 4.78 is 67.0. The first-order chi connectivity index (χ1) is 11.0. The summed E-state index contributed by atoms with van der Waals surface area (Å²) in [6.07, 6.45) is -2.02. The van der Waals surface area contributed by atoms with Gasteiger partial charge in [-0.2, -0.15) is 23.4 Å². The van der Waals surface area contributed by atoms with E-state index in [4.69, 9.17) is 0 Å². The Hall–Kier alpha value is -1.88. The molecule has 7 nitrogen and oxygen atoms in total. The Bertz CT molecular complexity index is 810. The van der Waals surface area contributed by atoms with Crippen molar-refractivity contribution >= 4 is 10.0 Å². The third kappa shape index (κ3) is 4.15. The Morgan fingerprint density at radius 3 is 2.54 bits per heavy atom. The van der Waals surface area contributed by atoms with E-state index in [0.717, 1.165) is 10.7 Å². The summed E-state index contributed by atoms with van der Waals surface area (Å²) in [5.41, 5.74) is -0.474. The Balaban J connectivity index is 1.97. The topological polar surface area (TPSA) is 81.8 Å². The maximum atomic E-state index is 12.5. The van der Waals surface area contributed by atoms with Gasteiger partial charge in [-0.05, 0) is 18.9 Å². The average Bonchev–Trinajstić information content (AvgIpc) is 3.05. The number of nitrogens with one attached hydrogen (secondary N) is 1. The van der Waals surface area contributed by atoms with Gasteiger partial charge in [0.25, 0.3) is 0 Å². The second-order valence-corrected chi connectivity index (χ2v) is 7.33. The minimum Gasteiger partial charge on any atom is -0.272 e. The second-order valence-electron chi connectivity index (χ2n) is 5.60. The van der Waals surface area contributed by atoms with Crippen LogP contribution in [0.25, 0.3) is 0 Å². The number of sulfonamides is 1. The second kappa shape index (κ2) is 6.55. The van der Waals surface area contributed by atoms with Crippen molar-refractivity contribution in [3.05, 3.63) is 29.8 Å². The number of alkyl halides is 3. The van der Waals surface area contributed by atoms with E-state index in [1.54, 1.807) is 20.9 Å². The van der Waals surface area contributed by atoms with E-state index in [0.29, 0.717) is 5.69 Å². The van der Waals surface area contributed by atoms with Gasteiger partial charge in [0.15, 0.2) is 5.69 Å². The molecule has 2 heterocycles. The maximum Gasteiger partial charge on any atom is 0.435 e. The van der Waals surface area contributed by atoms with Crippen LogP contribution < -0.4 is 4.72 Å². The fourth-order valence-electron chi connectivity index (χ4n) is 2.07. The minimum absolute atomic E-state index is 0.0673. The quantitative estimate of drug-likeness (QED) is 0.842. The average molecular weight is 365 g/mol. The molecule has 0 saturated carbocycles. The van der Waals surface area contributed by atoms with Gasteiger partial charge in [0.2, 0.25) is 10.0 Å². The van der Waals surface area contributed by atoms with Crippen LogP contribution >= 0.6 is 0 Å². The molecule has 0 aromatic carbocycles. The molecule has 1 atom stereocenters. The van der Waals surface area contributed by atoms with Crippen LogP contribution in [0.4, 0.5) is 13.2 Å². The molecule has 0 amide bonds. The molecule has 0 saturated heterocycles. The smallest absolute Gasteiger partial charge is 0.272 e. The summed E-state index contributed by atoms with van der Waals surface area (Å²) in [5.74, 6) is -0.252. The van der Waals surface area contributed by atoms with Crippen molar-refractivity contribution < 1.29 is 21.6 Å². The molecule has 24 heavy (non-hydrogen) atoms. The van der Waals surface area contributed by atoms with Gasteiger partial charge in [-0.15, -0.1) is 0 Å². The normalized spacial score (nSPS) is 14.1. The first kappa shape index (κ1) is 18.5. The summed E-state index contributed by atoms with van der Waals surface area (Å²) in [7, 11) is -2.09. The fraction of sp³-hybridized carbons (Fsp3) is 0.538. The Labute approximate surface area is 137 Å². The zero-order valence-corrected chi connectivity index (χ0v) is 14.2. The van der Waals surface area contributed by atoms with Gasteiger partial charge in [0.05, 0.1) is 11.9 Å². The summed E-state index contributed by atoms with van der Waals surface area (Å²) in [5, 5.41) is 7.32. The number of nitrogens with zero attached hydrogens (tertiary/aromatic N) is 4. The molecular weight excluding hydrogens is 347 g/mol. The number of halogens is 3. The number of rotatable bonds is 6. The molecule has 0 unspecified atom stereocenters. The highest BCUT2D eigenvalue weighted by Gasteiger charge is 2.33. The summed E-state index contributed by atoms with van der Waals surface area (Å²) in [4.78, 5) is 0.0793. The standard InChI is InChI=1S/C13H18F3N5O2S/c1-9(8-21-5-4-12(19-21)13(14,15)16)6-18-24(22,23)11-7-17-20(3)10(11)2/h4-5,7,9,18H,6,8H2,1-3H3/t9-/m0/s1. The van der Waals surface area contributed by atoms with Gasteiger partial charge < -0.3 is 0 Å². The van der Waals surface area contributed by atoms with Gasteiger partial charge in [0, 0.05) is 26.3 Å². The number of aryl methyl sites for hydroxylation is 1. The molecule has 2 rings (SSSR count). The van der Waals surface area contributed by atoms with Crippen LogP contribution in [0.3, 0.4) is 0 Å². The van der Waals surface area contributed by atoms with Gasteiger partial charge in [-0.1, -0.05) is 6.92 Å². The third-order valence-electron chi connectivity index (χ3n) is 3.53. The molecule has 0 aliphatic rings. The molecule has 2 aromatic rings. The van der Waals surface area contributed by atoms with E-state index >= 15 is 0 Å². The lowest BCUT2D eigenvalue weighted by molar-refractivity contribution is -0.141. The number of aromatic nitrogens is 4. The predicted molar refractivity (Wildman–Crippen MR) is 79.5 cm³/mol. The lowest BCUT2D eigenvalue weighted by Crippen LogP contribution is -2.30. The molecule has 134 valence electrons. The third-order valence-corrected chi connectivity index (χ3v) is 5.06. The van der Waals surface area contributed by atoms with Crippen LogP contribution in [0.5, 0.6) is 0 Å². The van der Waals surface area contributed by atoms with E-state index in [1.165, 1.54) is 17.1 Å². The largest absolute Gasteiger partial charge is 0.435 e. The van der Waals surface area contributed by atoms with E-state index in [1.807, 2.05) is 0 Å². The molecule has 0 spiro atoms. The summed E-state index contributed by atoms with van der Waals surface area (Å²) in [6.45, 7) is 3.57. The SMILES string of the molecule is Cc1c(S(=O)(=O)NC[C@H](C)Cn2ccc(C(F)(F)F)n2)cnn1C. The van der Waals surface area contributed by atoms with Gasteiger partial charge in [0.1, 0.15) is 4.90 Å². The molecule has 0 aliphatic carbocycles. The molecule has 0 aliphatic heterocycles. The fourth-order valence-corrected chi connectivity index (χ4v) is 3.44. The molecule has 0 radical (unpaired) electrons. The van der Waals surface area contributed by atoms with Gasteiger partial charge in [-0.25, -0.2) is 13.1 Å². The summed E-state index contributed by atoms with van der Waals surface area (Å²) >= 11 is 0. The van der Waals surface area contributed by atoms with E-state index in [9.17, 15) is 21.6 Å². The van der Waals surface area contributed by atoms with Crippen molar-refractivity contribution in [1.29, 1.82) is 0 Å². The molecule has 0 bridgehead atoms. The first-order valence-electron chi connectivity index (χ1n) is 7.09. The Morgan fingerprint density at radius 1 is 1.38 bits per heavy atom. The van der Waals surface area contributed by atoms with Crippen LogP contribution in [-0.4, -0.2) is 34.5 Å². The minimum atomic E-state index is -4.49. The van der Waals surface area contributed by atoms with Gasteiger partial charge in [-0.3, -0.25) is 9.36 Å². The summed E-state index contributed by atoms with van der Waals surface area (Å²) in [6, 6.07) is 0.885. The van der Waals surface area contributed by atoms with Crippen molar-refractivity contribution in [2.75, 3.05) is 6.54 Å².